The van der Waals surface area contributed by atoms with Crippen LogP contribution in [-0.4, -0.2) is 127 Å². The Labute approximate surface area is 389 Å². The van der Waals surface area contributed by atoms with Crippen LogP contribution in [-0.2, 0) is 38.4 Å². The number of thiol groups is 2. The summed E-state index contributed by atoms with van der Waals surface area (Å²) in [6.07, 6.45) is 1.68. The Morgan fingerprint density at radius 2 is 1.11 bits per heavy atom. The molecule has 0 aliphatic carbocycles. The molecule has 0 aromatic heterocycles. The molecule has 364 valence electrons. The molecule has 18 N–H and O–H groups in total. The van der Waals surface area contributed by atoms with Crippen LogP contribution in [0.2, 0.25) is 0 Å². The molecule has 65 heavy (non-hydrogen) atoms. The fourth-order valence-electron chi connectivity index (χ4n) is 6.12. The van der Waals surface area contributed by atoms with Crippen molar-refractivity contribution in [1.29, 1.82) is 0 Å². The molecule has 0 bridgehead atoms. The quantitative estimate of drug-likeness (QED) is 0.0155. The number of primary amides is 1. The minimum absolute atomic E-state index is 0.0468. The lowest BCUT2D eigenvalue weighted by atomic mass is 10.0. The molecule has 0 aliphatic heterocycles. The van der Waals surface area contributed by atoms with Crippen molar-refractivity contribution in [2.45, 2.75) is 131 Å². The number of benzene rings is 1. The summed E-state index contributed by atoms with van der Waals surface area (Å²) in [6.45, 7) is 5.01. The Hall–Kier alpha value is -5.66. The van der Waals surface area contributed by atoms with E-state index in [0.717, 1.165) is 0 Å². The first-order valence-corrected chi connectivity index (χ1v) is 22.1. The molecule has 6 unspecified atom stereocenters. The average molecular weight is 954 g/mol. The largest absolute Gasteiger partial charge is 0.481 e. The van der Waals surface area contributed by atoms with Crippen LogP contribution in [0, 0.1) is 5.92 Å². The van der Waals surface area contributed by atoms with Crippen molar-refractivity contribution in [3.8, 4) is 0 Å². The van der Waals surface area contributed by atoms with Crippen molar-refractivity contribution in [2.24, 2.45) is 39.6 Å². The van der Waals surface area contributed by atoms with E-state index in [0.29, 0.717) is 42.0 Å². The third kappa shape index (κ3) is 23.7. The fourth-order valence-corrected chi connectivity index (χ4v) is 6.78. The Kier molecular flexibility index (Phi) is 26.9. The first-order chi connectivity index (χ1) is 30.6. The molecule has 1 aromatic carbocycles. The van der Waals surface area contributed by atoms with E-state index < -0.39 is 102 Å². The molecule has 23 nitrogen and oxygen atoms in total. The molecule has 0 spiro atoms. The maximum Gasteiger partial charge on any atom is 0.305 e. The van der Waals surface area contributed by atoms with E-state index in [1.807, 2.05) is 13.8 Å². The highest BCUT2D eigenvalue weighted by atomic mass is 32.1. The van der Waals surface area contributed by atoms with Crippen LogP contribution in [0.15, 0.2) is 33.0 Å². The lowest BCUT2D eigenvalue weighted by Crippen LogP contribution is -2.59. The topological polar surface area (TPSA) is 401 Å². The number of nitrogens with zero attached hydrogens (tertiary/aromatic N) is 1. The first kappa shape index (κ1) is 57.4. The number of amides is 8. The molecule has 8 amide bonds. The monoisotopic (exact) mass is 953 g/mol. The molecule has 0 saturated carbocycles. The summed E-state index contributed by atoms with van der Waals surface area (Å²) in [5.41, 5.74) is 27.5. The average Bonchev–Trinajstić information content (AvgIpc) is 3.21. The summed E-state index contributed by atoms with van der Waals surface area (Å²) < 4.78 is 0. The lowest BCUT2D eigenvalue weighted by molar-refractivity contribution is -0.140. The highest BCUT2D eigenvalue weighted by Gasteiger charge is 2.32. The molecule has 1 rings (SSSR count). The Balaban J connectivity index is 3.22. The molecular formula is C40H67N13O10S2. The molecule has 0 radical (unpaired) electrons. The fraction of sp³-hybridized carbons (Fsp3) is 0.600. The summed E-state index contributed by atoms with van der Waals surface area (Å²) in [6, 6.07) is -2.85. The van der Waals surface area contributed by atoms with Crippen LogP contribution >= 0.6 is 25.3 Å². The summed E-state index contributed by atoms with van der Waals surface area (Å²) in [7, 11) is 0. The first-order valence-electron chi connectivity index (χ1n) is 21.2. The van der Waals surface area contributed by atoms with E-state index in [-0.39, 0.29) is 62.6 Å². The van der Waals surface area contributed by atoms with Gasteiger partial charge in [0.05, 0.1) is 13.0 Å². The third-order valence-corrected chi connectivity index (χ3v) is 9.98. The number of aliphatic carboxylic acids is 1. The van der Waals surface area contributed by atoms with Gasteiger partial charge in [0, 0.05) is 21.9 Å². The van der Waals surface area contributed by atoms with Crippen molar-refractivity contribution in [3.05, 3.63) is 23.8 Å². The standard InChI is InChI=1S/C40H67N13O10S2/c1-21(2)15-30(53-38(62)28(10-5-7-13-42)51-35(59)23-16-24(64)18-25(65)17-23)39(63)48-22(3)34(58)50-27(9-4-6-12-41)37(61)52-26(11-8-14-46-40(44)45)36(60)47-20-31(54)49-29(33(43)57)19-32(55)56/h16-18,21-22,26-30,64-65H,4-15,19-20,41-42H2,1-3H3,(H2,43,57)(H,47,60)(H,48,63)(H,49,54)(H,50,58)(H,51,59)(H,52,61)(H,53,62)(H,55,56)(H4,44,45,46). The number of carbonyl (C=O) groups excluding carboxylic acids is 8. The van der Waals surface area contributed by atoms with Crippen molar-refractivity contribution in [1.82, 2.24) is 37.2 Å². The molecule has 25 heteroatoms. The number of hydrogen-bond donors (Lipinski definition) is 15. The van der Waals surface area contributed by atoms with Gasteiger partial charge in [-0.1, -0.05) is 13.8 Å². The van der Waals surface area contributed by atoms with Gasteiger partial charge in [0.25, 0.3) is 5.91 Å². The van der Waals surface area contributed by atoms with E-state index >= 15 is 0 Å². The molecule has 6 atom stereocenters. The number of nitrogens with two attached hydrogens (primary N) is 5. The second-order valence-corrected chi connectivity index (χ2v) is 16.7. The van der Waals surface area contributed by atoms with Gasteiger partial charge in [-0.2, -0.15) is 0 Å². The highest BCUT2D eigenvalue weighted by molar-refractivity contribution is 7.81. The Bertz CT molecular complexity index is 1810. The van der Waals surface area contributed by atoms with Crippen LogP contribution in [0.1, 0.15) is 95.3 Å². The lowest BCUT2D eigenvalue weighted by Gasteiger charge is -2.27. The number of carbonyl (C=O) groups is 9. The van der Waals surface area contributed by atoms with E-state index in [9.17, 15) is 43.2 Å². The van der Waals surface area contributed by atoms with E-state index in [1.165, 1.54) is 19.1 Å². The predicted octanol–water partition coefficient (Wildman–Crippen LogP) is -2.76. The van der Waals surface area contributed by atoms with E-state index in [2.05, 4.69) is 67.5 Å². The van der Waals surface area contributed by atoms with Crippen LogP contribution in [0.3, 0.4) is 0 Å². The number of aliphatic imine (C=N–C) groups is 1. The normalized spacial score (nSPS) is 13.7. The van der Waals surface area contributed by atoms with Gasteiger partial charge >= 0.3 is 5.97 Å². The van der Waals surface area contributed by atoms with Crippen molar-refractivity contribution in [3.63, 3.8) is 0 Å². The van der Waals surface area contributed by atoms with Crippen molar-refractivity contribution < 1.29 is 48.3 Å². The number of carboxylic acids is 1. The number of hydrogen-bond acceptors (Lipinski definition) is 14. The van der Waals surface area contributed by atoms with Crippen LogP contribution < -0.4 is 65.9 Å². The van der Waals surface area contributed by atoms with Crippen LogP contribution in [0.4, 0.5) is 0 Å². The van der Waals surface area contributed by atoms with E-state index in [4.69, 9.17) is 33.8 Å². The van der Waals surface area contributed by atoms with Gasteiger partial charge in [0.2, 0.25) is 41.4 Å². The van der Waals surface area contributed by atoms with Gasteiger partial charge in [0.15, 0.2) is 5.96 Å². The number of rotatable bonds is 31. The molecular weight excluding hydrogens is 887 g/mol. The summed E-state index contributed by atoms with van der Waals surface area (Å²) in [5, 5.41) is 26.7. The molecule has 0 heterocycles. The summed E-state index contributed by atoms with van der Waals surface area (Å²) in [4.78, 5) is 121. The minimum atomic E-state index is -1.55. The van der Waals surface area contributed by atoms with Gasteiger partial charge in [0.1, 0.15) is 36.3 Å². The summed E-state index contributed by atoms with van der Waals surface area (Å²) >= 11 is 8.60. The van der Waals surface area contributed by atoms with Gasteiger partial charge in [-0.15, -0.1) is 25.3 Å². The van der Waals surface area contributed by atoms with Crippen LogP contribution in [0.5, 0.6) is 0 Å². The number of nitrogens with one attached hydrogen (secondary N) is 7. The predicted molar refractivity (Wildman–Crippen MR) is 247 cm³/mol. The Morgan fingerprint density at radius 3 is 1.62 bits per heavy atom. The number of guanidine groups is 1. The molecule has 0 fully saturated rings. The summed E-state index contributed by atoms with van der Waals surface area (Å²) in [5.74, 6) is -8.10. The van der Waals surface area contributed by atoms with E-state index in [1.54, 1.807) is 6.07 Å². The number of unbranched alkanes of at least 4 members (excludes halogenated alkanes) is 2. The van der Waals surface area contributed by atoms with Gasteiger partial charge in [-0.05, 0) is 102 Å². The van der Waals surface area contributed by atoms with Gasteiger partial charge in [-0.25, -0.2) is 0 Å². The smallest absolute Gasteiger partial charge is 0.305 e. The van der Waals surface area contributed by atoms with Gasteiger partial charge < -0.3 is 71.0 Å². The second-order valence-electron chi connectivity index (χ2n) is 15.7. The minimum Gasteiger partial charge on any atom is -0.481 e. The third-order valence-electron chi connectivity index (χ3n) is 9.46. The molecule has 1 aromatic rings. The zero-order chi connectivity index (χ0) is 49.2. The SMILES string of the molecule is CC(C)CC(NC(=O)C(CCCCN)NC(=O)c1cc(S)cc(S)c1)C(=O)NC(C)C(=O)NC(CCCCN)C(=O)NC(CCCN=C(N)N)C(=O)NCC(=O)NC(CC(=O)O)C(N)=O. The number of carboxylic acid groups (broad SMARTS) is 1. The molecule has 0 saturated heterocycles. The zero-order valence-electron chi connectivity index (χ0n) is 37.0. The zero-order valence-corrected chi connectivity index (χ0v) is 38.8. The maximum atomic E-state index is 13.8. The van der Waals surface area contributed by atoms with Crippen LogP contribution in [0.25, 0.3) is 0 Å². The van der Waals surface area contributed by atoms with Gasteiger partial charge in [-0.3, -0.25) is 48.1 Å². The van der Waals surface area contributed by atoms with Crippen molar-refractivity contribution in [2.75, 3.05) is 26.2 Å². The molecule has 0 aliphatic rings. The second kappa shape index (κ2) is 30.5. The highest BCUT2D eigenvalue weighted by Crippen LogP contribution is 2.17. The van der Waals surface area contributed by atoms with Crippen molar-refractivity contribution >= 4 is 84.4 Å². The maximum absolute atomic E-state index is 13.8. The Morgan fingerprint density at radius 1 is 0.615 bits per heavy atom.